The number of hydrogen-bond donors (Lipinski definition) is 4. The van der Waals surface area contributed by atoms with Gasteiger partial charge in [-0.1, -0.05) is 33.8 Å². The average Bonchev–Trinajstić information content (AvgIpc) is 4.04. The fourth-order valence-electron chi connectivity index (χ4n) is 7.91. The maximum atomic E-state index is 13.6. The zero-order chi connectivity index (χ0) is 39.7. The van der Waals surface area contributed by atoms with Gasteiger partial charge in [-0.15, -0.1) is 11.3 Å². The number of alkyl carbamates (subject to hydrolysis) is 2. The van der Waals surface area contributed by atoms with Gasteiger partial charge in [0.15, 0.2) is 0 Å². The zero-order valence-electron chi connectivity index (χ0n) is 32.6. The highest BCUT2D eigenvalue weighted by molar-refractivity contribution is 7.19. The minimum absolute atomic E-state index is 0.113. The Morgan fingerprint density at radius 1 is 0.821 bits per heavy atom. The summed E-state index contributed by atoms with van der Waals surface area (Å²) in [6.45, 7) is 9.29. The number of carbonyl (C=O) groups is 4. The van der Waals surface area contributed by atoms with Crippen LogP contribution in [0.3, 0.4) is 0 Å². The van der Waals surface area contributed by atoms with Crippen LogP contribution in [-0.4, -0.2) is 99.7 Å². The van der Waals surface area contributed by atoms with Gasteiger partial charge in [0.25, 0.3) is 0 Å². The molecule has 3 aliphatic rings. The fourth-order valence-corrected chi connectivity index (χ4v) is 9.12. The molecule has 4 atom stereocenters. The molecule has 15 nitrogen and oxygen atoms in total. The van der Waals surface area contributed by atoms with Crippen molar-refractivity contribution in [2.75, 3.05) is 33.9 Å². The molecule has 0 spiro atoms. The lowest BCUT2D eigenvalue weighted by Crippen LogP contribution is -2.51. The monoisotopic (exact) mass is 786 g/mol. The molecule has 298 valence electrons. The number of thiophene rings is 1. The predicted molar refractivity (Wildman–Crippen MR) is 210 cm³/mol. The molecule has 7 rings (SSSR count). The van der Waals surface area contributed by atoms with E-state index < -0.39 is 24.3 Å². The molecule has 16 heteroatoms. The quantitative estimate of drug-likeness (QED) is 0.145. The molecule has 0 saturated carbocycles. The summed E-state index contributed by atoms with van der Waals surface area (Å²) < 4.78 is 15.8. The summed E-state index contributed by atoms with van der Waals surface area (Å²) in [5.74, 6) is 1.69. The molecule has 4 N–H and O–H groups in total. The first-order valence-corrected chi connectivity index (χ1v) is 20.1. The Hall–Kier alpha value is -5.38. The van der Waals surface area contributed by atoms with Crippen LogP contribution in [0.2, 0.25) is 0 Å². The minimum atomic E-state index is -0.702. The first kappa shape index (κ1) is 38.9. The molecule has 1 aromatic carbocycles. The number of benzene rings is 1. The van der Waals surface area contributed by atoms with Crippen molar-refractivity contribution >= 4 is 35.3 Å². The van der Waals surface area contributed by atoms with Crippen molar-refractivity contribution in [2.24, 2.45) is 11.8 Å². The lowest BCUT2D eigenvalue weighted by molar-refractivity contribution is -0.136. The van der Waals surface area contributed by atoms with Crippen LogP contribution in [0.15, 0.2) is 36.7 Å². The SMILES string of the molecule is COC(=O)N[C@H](C(=O)N1CCC[C@@H]1c1ncc(-c2cc3c(s2)-c2ccc(-c4cnc([C@@H]5CCCN5C(=O)[C@@H](NC(=O)OC)C(C)C)[nH]4)cc2OCC3)[nH]1)C(C)C. The third-order valence-corrected chi connectivity index (χ3v) is 12.2. The van der Waals surface area contributed by atoms with Crippen LogP contribution in [-0.2, 0) is 25.5 Å². The minimum Gasteiger partial charge on any atom is -0.493 e. The summed E-state index contributed by atoms with van der Waals surface area (Å²) in [5, 5.41) is 5.41. The summed E-state index contributed by atoms with van der Waals surface area (Å²) >= 11 is 1.68. The highest BCUT2D eigenvalue weighted by Crippen LogP contribution is 2.45. The lowest BCUT2D eigenvalue weighted by atomic mass is 10.0. The van der Waals surface area contributed by atoms with Crippen LogP contribution in [0.4, 0.5) is 9.59 Å². The van der Waals surface area contributed by atoms with Crippen LogP contribution in [0.5, 0.6) is 5.75 Å². The number of nitrogens with zero attached hydrogens (tertiary/aromatic N) is 4. The molecule has 2 saturated heterocycles. The van der Waals surface area contributed by atoms with E-state index in [2.05, 4.69) is 38.8 Å². The molecule has 56 heavy (non-hydrogen) atoms. The Kier molecular flexibility index (Phi) is 11.4. The molecule has 0 unspecified atom stereocenters. The van der Waals surface area contributed by atoms with E-state index in [-0.39, 0.29) is 35.7 Å². The Balaban J connectivity index is 1.08. The normalized spacial score (nSPS) is 18.9. The van der Waals surface area contributed by atoms with Gasteiger partial charge in [-0.25, -0.2) is 19.6 Å². The Morgan fingerprint density at radius 2 is 1.38 bits per heavy atom. The molecule has 4 aromatic rings. The van der Waals surface area contributed by atoms with E-state index in [1.54, 1.807) is 22.4 Å². The molecule has 3 aliphatic heterocycles. The van der Waals surface area contributed by atoms with E-state index in [9.17, 15) is 19.2 Å². The number of likely N-dealkylation sites (tertiary alicyclic amines) is 2. The molecule has 2 fully saturated rings. The lowest BCUT2D eigenvalue weighted by Gasteiger charge is -2.30. The van der Waals surface area contributed by atoms with Crippen LogP contribution in [0.25, 0.3) is 32.3 Å². The highest BCUT2D eigenvalue weighted by Gasteiger charge is 2.39. The van der Waals surface area contributed by atoms with Gasteiger partial charge in [-0.2, -0.15) is 0 Å². The highest BCUT2D eigenvalue weighted by atomic mass is 32.1. The fraction of sp³-hybridized carbons (Fsp3) is 0.500. The van der Waals surface area contributed by atoms with E-state index >= 15 is 0 Å². The van der Waals surface area contributed by atoms with Gasteiger partial charge >= 0.3 is 12.2 Å². The number of imidazole rings is 2. The number of rotatable bonds is 10. The molecule has 0 aliphatic carbocycles. The van der Waals surface area contributed by atoms with Gasteiger partial charge in [0.05, 0.1) is 61.6 Å². The van der Waals surface area contributed by atoms with E-state index in [4.69, 9.17) is 24.2 Å². The predicted octanol–water partition coefficient (Wildman–Crippen LogP) is 6.22. The first-order chi connectivity index (χ1) is 27.0. The molecule has 6 heterocycles. The van der Waals surface area contributed by atoms with Gasteiger partial charge in [0.2, 0.25) is 11.8 Å². The number of ether oxygens (including phenoxy) is 3. The number of fused-ring (bicyclic) bond motifs is 3. The van der Waals surface area contributed by atoms with Crippen molar-refractivity contribution in [3.05, 3.63) is 53.9 Å². The second-order valence-corrected chi connectivity index (χ2v) is 16.3. The van der Waals surface area contributed by atoms with Gasteiger partial charge in [-0.05, 0) is 61.3 Å². The van der Waals surface area contributed by atoms with Gasteiger partial charge in [0.1, 0.15) is 29.5 Å². The third-order valence-electron chi connectivity index (χ3n) is 10.9. The van der Waals surface area contributed by atoms with Crippen LogP contribution >= 0.6 is 11.3 Å². The van der Waals surface area contributed by atoms with Crippen molar-refractivity contribution in [2.45, 2.75) is 84.0 Å². The third kappa shape index (κ3) is 7.71. The summed E-state index contributed by atoms with van der Waals surface area (Å²) in [6.07, 6.45) is 6.33. The van der Waals surface area contributed by atoms with Gasteiger partial charge < -0.3 is 44.6 Å². The number of amides is 4. The van der Waals surface area contributed by atoms with Crippen molar-refractivity contribution in [1.82, 2.24) is 40.4 Å². The Bertz CT molecular complexity index is 2090. The number of aromatic nitrogens is 4. The maximum absolute atomic E-state index is 13.6. The second kappa shape index (κ2) is 16.4. The maximum Gasteiger partial charge on any atom is 0.407 e. The average molecular weight is 787 g/mol. The smallest absolute Gasteiger partial charge is 0.407 e. The number of methoxy groups -OCH3 is 2. The van der Waals surface area contributed by atoms with E-state index in [0.717, 1.165) is 75.9 Å². The van der Waals surface area contributed by atoms with E-state index in [0.29, 0.717) is 25.5 Å². The summed E-state index contributed by atoms with van der Waals surface area (Å²) in [4.78, 5) is 73.5. The number of H-pyrrole nitrogens is 2. The van der Waals surface area contributed by atoms with E-state index in [1.807, 2.05) is 44.9 Å². The molecule has 4 amide bonds. The molecular weight excluding hydrogens is 737 g/mol. The number of aromatic amines is 2. The first-order valence-electron chi connectivity index (χ1n) is 19.3. The van der Waals surface area contributed by atoms with Gasteiger partial charge in [0, 0.05) is 35.5 Å². The van der Waals surface area contributed by atoms with Crippen molar-refractivity contribution < 1.29 is 33.4 Å². The summed E-state index contributed by atoms with van der Waals surface area (Å²) in [5.41, 5.74) is 4.82. The summed E-state index contributed by atoms with van der Waals surface area (Å²) in [7, 11) is 2.58. The molecular formula is C40H50N8O7S. The van der Waals surface area contributed by atoms with Crippen LogP contribution in [0.1, 0.15) is 82.7 Å². The second-order valence-electron chi connectivity index (χ2n) is 15.2. The Morgan fingerprint density at radius 3 is 1.93 bits per heavy atom. The topological polar surface area (TPSA) is 184 Å². The van der Waals surface area contributed by atoms with Crippen molar-refractivity contribution in [1.29, 1.82) is 0 Å². The van der Waals surface area contributed by atoms with E-state index in [1.165, 1.54) is 19.8 Å². The summed E-state index contributed by atoms with van der Waals surface area (Å²) in [6, 6.07) is 6.51. The van der Waals surface area contributed by atoms with Gasteiger partial charge in [-0.3, -0.25) is 9.59 Å². The number of carbonyl (C=O) groups excluding carboxylic acids is 4. The Labute approximate surface area is 329 Å². The zero-order valence-corrected chi connectivity index (χ0v) is 33.5. The molecule has 3 aromatic heterocycles. The molecule has 0 bridgehead atoms. The van der Waals surface area contributed by atoms with Crippen LogP contribution < -0.4 is 15.4 Å². The molecule has 0 radical (unpaired) electrons. The number of hydrogen-bond acceptors (Lipinski definition) is 10. The number of nitrogens with one attached hydrogen (secondary N) is 4. The van der Waals surface area contributed by atoms with Crippen molar-refractivity contribution in [3.8, 4) is 38.0 Å². The largest absolute Gasteiger partial charge is 0.493 e. The van der Waals surface area contributed by atoms with Crippen LogP contribution in [0, 0.1) is 11.8 Å². The van der Waals surface area contributed by atoms with Crippen molar-refractivity contribution in [3.63, 3.8) is 0 Å². The standard InChI is InChI=1S/C40H50N8O7S/c1-21(2)32(45-39(51)53-5)37(49)47-14-7-9-28(47)35-41-19-26(43-35)23-11-12-25-30(17-23)55-16-13-24-18-31(56-34(24)25)27-20-42-36(44-27)29-10-8-15-48(29)38(50)33(22(3)4)46-40(52)54-6/h11-12,17-22,28-29,32-33H,7-10,13-16H2,1-6H3,(H,41,43)(H,42,44)(H,45,51)(H,46,52)/t28-,29+,32-,33-/m0/s1.